The second kappa shape index (κ2) is 6.83. The Hall–Kier alpha value is -4.07. The summed E-state index contributed by atoms with van der Waals surface area (Å²) in [5.41, 5.74) is 6.24. The van der Waals surface area contributed by atoms with Crippen molar-refractivity contribution in [3.63, 3.8) is 0 Å². The summed E-state index contributed by atoms with van der Waals surface area (Å²) in [4.78, 5) is 29.5. The average molecular weight is 394 g/mol. The fourth-order valence-electron chi connectivity index (χ4n) is 3.14. The number of aromatic amines is 2. The predicted octanol–water partition coefficient (Wildman–Crippen LogP) is 3.26. The normalized spacial score (nSPS) is 11.0. The van der Waals surface area contributed by atoms with E-state index in [4.69, 9.17) is 5.73 Å². The zero-order chi connectivity index (χ0) is 20.7. The zero-order valence-electron chi connectivity index (χ0n) is 14.8. The average Bonchev–Trinajstić information content (AvgIpc) is 3.14. The van der Waals surface area contributed by atoms with E-state index in [9.17, 15) is 23.5 Å². The first-order chi connectivity index (χ1) is 13.9. The molecule has 6 nitrogen and oxygen atoms in total. The minimum absolute atomic E-state index is 0.0511. The third-order valence-corrected chi connectivity index (χ3v) is 4.68. The lowest BCUT2D eigenvalue weighted by Crippen LogP contribution is -2.10. The van der Waals surface area contributed by atoms with E-state index in [0.29, 0.717) is 28.4 Å². The molecule has 0 aliphatic carbocycles. The van der Waals surface area contributed by atoms with Crippen LogP contribution in [0.1, 0.15) is 26.3 Å². The molecule has 4 aromatic rings. The van der Waals surface area contributed by atoms with Crippen molar-refractivity contribution in [1.82, 2.24) is 4.98 Å². The number of phenolic OH excluding ortho intramolecular Hbond substituents is 1. The molecule has 0 saturated carbocycles. The lowest BCUT2D eigenvalue weighted by atomic mass is 9.99. The number of nitrogens with one attached hydrogen (secondary N) is 2. The third kappa shape index (κ3) is 3.00. The number of carbonyl (C=O) groups is 2. The number of pyridine rings is 1. The highest BCUT2D eigenvalue weighted by atomic mass is 19.1. The zero-order valence-corrected chi connectivity index (χ0v) is 14.8. The molecule has 5 N–H and O–H groups in total. The van der Waals surface area contributed by atoms with Crippen LogP contribution in [0.15, 0.2) is 48.8 Å². The van der Waals surface area contributed by atoms with Crippen LogP contribution in [0.5, 0.6) is 5.75 Å². The lowest BCUT2D eigenvalue weighted by molar-refractivity contribution is -0.346. The predicted molar refractivity (Wildman–Crippen MR) is 102 cm³/mol. The van der Waals surface area contributed by atoms with E-state index in [-0.39, 0.29) is 22.6 Å². The van der Waals surface area contributed by atoms with Gasteiger partial charge in [-0.3, -0.25) is 9.59 Å². The smallest absolute Gasteiger partial charge is 0.285 e. The minimum atomic E-state index is -1.11. The number of nitrogen functional groups attached to an aromatic ring is 1. The number of aromatic hydroxyl groups is 1. The highest BCUT2D eigenvalue weighted by Gasteiger charge is 2.25. The molecule has 2 aromatic heterocycles. The summed E-state index contributed by atoms with van der Waals surface area (Å²) in [6.45, 7) is 0. The van der Waals surface area contributed by atoms with Crippen molar-refractivity contribution in [1.29, 1.82) is 0 Å². The maximum absolute atomic E-state index is 14.3. The van der Waals surface area contributed by atoms with Crippen molar-refractivity contribution in [2.45, 2.75) is 0 Å². The van der Waals surface area contributed by atoms with Crippen molar-refractivity contribution in [2.75, 3.05) is 5.73 Å². The molecule has 0 spiro atoms. The number of halogens is 2. The number of nitrogens with two attached hydrogens (primary N) is 1. The number of aromatic nitrogens is 2. The van der Waals surface area contributed by atoms with E-state index < -0.39 is 23.0 Å². The van der Waals surface area contributed by atoms with Crippen molar-refractivity contribution in [2.24, 2.45) is 0 Å². The Morgan fingerprint density at radius 1 is 1.14 bits per heavy atom. The standard InChI is InChI=1S/C21H13F2N3O3/c22-15-3-4-16(24)19(23)18(15)20(29)14-8-26-21-13(14)5-12(7-25-21)10-1-2-11(9-27)17(28)6-10/h1-9,28H,24H2,(H,25,26)/p+1. The van der Waals surface area contributed by atoms with E-state index in [1.165, 1.54) is 18.3 Å². The van der Waals surface area contributed by atoms with E-state index in [1.807, 2.05) is 0 Å². The molecule has 0 amide bonds. The topological polar surface area (TPSA) is 110 Å². The largest absolute Gasteiger partial charge is 0.507 e. The minimum Gasteiger partial charge on any atom is -0.507 e. The Morgan fingerprint density at radius 3 is 2.66 bits per heavy atom. The van der Waals surface area contributed by atoms with Gasteiger partial charge >= 0.3 is 0 Å². The monoisotopic (exact) mass is 394 g/mol. The molecule has 2 aromatic carbocycles. The number of aldehydes is 1. The van der Waals surface area contributed by atoms with Crippen molar-refractivity contribution >= 4 is 28.8 Å². The lowest BCUT2D eigenvalue weighted by Gasteiger charge is -2.06. The number of benzene rings is 2. The number of hydrogen-bond donors (Lipinski definition) is 3. The van der Waals surface area contributed by atoms with E-state index in [0.717, 1.165) is 12.1 Å². The summed E-state index contributed by atoms with van der Waals surface area (Å²) >= 11 is 0. The molecular weight excluding hydrogens is 380 g/mol. The molecule has 4 rings (SSSR count). The van der Waals surface area contributed by atoms with Gasteiger partial charge < -0.3 is 10.8 Å². The number of fused-ring (bicyclic) bond motifs is 1. The maximum atomic E-state index is 14.3. The van der Waals surface area contributed by atoms with Crippen molar-refractivity contribution in [3.05, 3.63) is 77.1 Å². The first-order valence-corrected chi connectivity index (χ1v) is 8.50. The van der Waals surface area contributed by atoms with Gasteiger partial charge in [0.1, 0.15) is 17.8 Å². The highest BCUT2D eigenvalue weighted by molar-refractivity contribution is 6.16. The molecule has 0 aliphatic rings. The van der Waals surface area contributed by atoms with Gasteiger partial charge in [0, 0.05) is 5.56 Å². The fraction of sp³-hybridized carbons (Fsp3) is 0. The van der Waals surface area contributed by atoms with Crippen molar-refractivity contribution in [3.8, 4) is 16.9 Å². The first-order valence-electron chi connectivity index (χ1n) is 8.50. The van der Waals surface area contributed by atoms with Gasteiger partial charge in [-0.15, -0.1) is 0 Å². The molecule has 0 saturated heterocycles. The van der Waals surface area contributed by atoms with Crippen LogP contribution < -0.4 is 10.7 Å². The van der Waals surface area contributed by atoms with Crippen LogP contribution in [0.3, 0.4) is 0 Å². The Bertz CT molecular complexity index is 1300. The van der Waals surface area contributed by atoms with Gasteiger partial charge in [-0.1, -0.05) is 6.07 Å². The SMILES string of the molecule is Nc1ccc(F)c(C(=O)c2c[nH]c3[nH+]cc(-c4ccc(C=O)c(O)c4)cc23)c1F. The number of H-pyrrole nitrogens is 2. The van der Waals surface area contributed by atoms with Crippen LogP contribution in [0, 0.1) is 11.6 Å². The fourth-order valence-corrected chi connectivity index (χ4v) is 3.14. The molecular formula is C21H14F2N3O3+. The van der Waals surface area contributed by atoms with Crippen LogP contribution in [-0.2, 0) is 0 Å². The number of rotatable bonds is 4. The molecule has 0 bridgehead atoms. The van der Waals surface area contributed by atoms with Gasteiger partial charge in [0.05, 0.1) is 34.0 Å². The highest BCUT2D eigenvalue weighted by Crippen LogP contribution is 2.29. The summed E-state index contributed by atoms with van der Waals surface area (Å²) in [5.74, 6) is -3.17. The molecule has 2 heterocycles. The van der Waals surface area contributed by atoms with Gasteiger partial charge in [0.25, 0.3) is 5.65 Å². The summed E-state index contributed by atoms with van der Waals surface area (Å²) in [6.07, 6.45) is 3.51. The Labute approximate surface area is 162 Å². The first kappa shape index (κ1) is 18.3. The van der Waals surface area contributed by atoms with Gasteiger partial charge in [-0.25, -0.2) is 18.7 Å². The Morgan fingerprint density at radius 2 is 1.93 bits per heavy atom. The van der Waals surface area contributed by atoms with E-state index in [1.54, 1.807) is 18.3 Å². The second-order valence-electron chi connectivity index (χ2n) is 6.43. The molecule has 144 valence electrons. The molecule has 0 aliphatic heterocycles. The van der Waals surface area contributed by atoms with E-state index in [2.05, 4.69) is 9.97 Å². The summed E-state index contributed by atoms with van der Waals surface area (Å²) in [5, 5.41) is 10.3. The molecule has 29 heavy (non-hydrogen) atoms. The third-order valence-electron chi connectivity index (χ3n) is 4.68. The van der Waals surface area contributed by atoms with Crippen LogP contribution in [0.2, 0.25) is 0 Å². The van der Waals surface area contributed by atoms with Crippen LogP contribution in [-0.4, -0.2) is 22.2 Å². The molecule has 0 atom stereocenters. The Kier molecular flexibility index (Phi) is 4.31. The number of hydrogen-bond acceptors (Lipinski definition) is 4. The van der Waals surface area contributed by atoms with E-state index >= 15 is 0 Å². The molecule has 0 fully saturated rings. The maximum Gasteiger partial charge on any atom is 0.285 e. The number of carbonyl (C=O) groups excluding carboxylic acids is 2. The molecule has 8 heteroatoms. The van der Waals surface area contributed by atoms with Crippen LogP contribution in [0.25, 0.3) is 22.2 Å². The van der Waals surface area contributed by atoms with Gasteiger partial charge in [0.15, 0.2) is 12.1 Å². The van der Waals surface area contributed by atoms with Gasteiger partial charge in [-0.05, 0) is 35.9 Å². The van der Waals surface area contributed by atoms with Crippen LogP contribution in [0.4, 0.5) is 14.5 Å². The second-order valence-corrected chi connectivity index (χ2v) is 6.43. The summed E-state index contributed by atoms with van der Waals surface area (Å²) in [7, 11) is 0. The summed E-state index contributed by atoms with van der Waals surface area (Å²) in [6, 6.07) is 8.12. The summed E-state index contributed by atoms with van der Waals surface area (Å²) < 4.78 is 28.4. The van der Waals surface area contributed by atoms with Crippen molar-refractivity contribution < 1.29 is 28.5 Å². The molecule has 0 radical (unpaired) electrons. The van der Waals surface area contributed by atoms with Gasteiger partial charge in [0.2, 0.25) is 5.78 Å². The van der Waals surface area contributed by atoms with Gasteiger partial charge in [-0.2, -0.15) is 0 Å². The Balaban J connectivity index is 1.85. The quantitative estimate of drug-likeness (QED) is 0.280. The molecule has 0 unspecified atom stereocenters. The number of ketones is 1. The number of anilines is 1. The van der Waals surface area contributed by atoms with Crippen LogP contribution >= 0.6 is 0 Å². The number of phenols is 1.